The average Bonchev–Trinajstić information content (AvgIpc) is 2.98. The Hall–Kier alpha value is -3.81. The van der Waals surface area contributed by atoms with Crippen molar-refractivity contribution in [3.05, 3.63) is 76.4 Å². The van der Waals surface area contributed by atoms with E-state index in [0.29, 0.717) is 37.9 Å². The lowest BCUT2D eigenvalue weighted by Crippen LogP contribution is -2.49. The van der Waals surface area contributed by atoms with Gasteiger partial charge in [-0.1, -0.05) is 31.0 Å². The fourth-order valence-electron chi connectivity index (χ4n) is 5.10. The second-order valence-corrected chi connectivity index (χ2v) is 13.4. The highest BCUT2D eigenvalue weighted by atomic mass is 35.5. The lowest BCUT2D eigenvalue weighted by Gasteiger charge is -2.38. The second-order valence-electron chi connectivity index (χ2n) is 11.0. The Morgan fingerprint density at radius 1 is 1.13 bits per heavy atom. The number of nitrogens with zero attached hydrogens (tertiary/aromatic N) is 3. The molecule has 242 valence electrons. The average molecular weight is 664 g/mol. The third-order valence-electron chi connectivity index (χ3n) is 7.50. The maximum absolute atomic E-state index is 14.5. The Bertz CT molecular complexity index is 1630. The smallest absolute Gasteiger partial charge is 0.322 e. The van der Waals surface area contributed by atoms with Gasteiger partial charge in [-0.05, 0) is 54.7 Å². The van der Waals surface area contributed by atoms with Gasteiger partial charge in [0.15, 0.2) is 9.84 Å². The number of likely N-dealkylation sites (tertiary alicyclic amines) is 1. The van der Waals surface area contributed by atoms with E-state index in [9.17, 15) is 26.8 Å². The van der Waals surface area contributed by atoms with Crippen molar-refractivity contribution in [2.24, 2.45) is 5.73 Å². The van der Waals surface area contributed by atoms with Crippen LogP contribution in [0.3, 0.4) is 0 Å². The lowest BCUT2D eigenvalue weighted by atomic mass is 10.0. The number of primary amides is 1. The fraction of sp³-hybridized carbons (Fsp3) is 0.387. The van der Waals surface area contributed by atoms with Crippen LogP contribution in [-0.4, -0.2) is 67.1 Å². The molecule has 2 heterocycles. The first-order chi connectivity index (χ1) is 21.3. The fourth-order valence-corrected chi connectivity index (χ4v) is 6.03. The molecule has 1 aliphatic rings. The van der Waals surface area contributed by atoms with Gasteiger partial charge in [-0.25, -0.2) is 27.0 Å². The lowest BCUT2D eigenvalue weighted by molar-refractivity contribution is -0.117. The number of sulfone groups is 1. The monoisotopic (exact) mass is 663 g/mol. The van der Waals surface area contributed by atoms with Gasteiger partial charge in [0.2, 0.25) is 11.8 Å². The number of rotatable bonds is 12. The number of pyridine rings is 1. The zero-order valence-corrected chi connectivity index (χ0v) is 26.6. The number of aromatic nitrogens is 1. The molecule has 0 aliphatic carbocycles. The van der Waals surface area contributed by atoms with Crippen LogP contribution in [0, 0.1) is 11.6 Å². The van der Waals surface area contributed by atoms with Crippen molar-refractivity contribution in [1.29, 1.82) is 0 Å². The number of nitrogens with two attached hydrogens (primary N) is 1. The van der Waals surface area contributed by atoms with Crippen LogP contribution in [0.2, 0.25) is 5.02 Å². The summed E-state index contributed by atoms with van der Waals surface area (Å²) in [7, 11) is -3.39. The number of amides is 3. The molecule has 0 bridgehead atoms. The Morgan fingerprint density at radius 2 is 1.87 bits per heavy atom. The van der Waals surface area contributed by atoms with Crippen LogP contribution in [0.15, 0.2) is 53.6 Å². The number of carbonyl (C=O) groups excluding carboxylic acids is 2. The molecule has 4 rings (SSSR count). The van der Waals surface area contributed by atoms with Crippen LogP contribution in [-0.2, 0) is 27.6 Å². The molecule has 0 saturated carbocycles. The molecular formula is C31H36ClF2N5O5S. The Labute approximate surface area is 266 Å². The quantitative estimate of drug-likeness (QED) is 0.260. The molecule has 3 aromatic rings. The van der Waals surface area contributed by atoms with Crippen molar-refractivity contribution in [2.45, 2.75) is 56.5 Å². The third kappa shape index (κ3) is 9.35. The number of nitrogens with one attached hydrogen (secondary N) is 1. The van der Waals surface area contributed by atoms with Crippen LogP contribution in [0.25, 0.3) is 0 Å². The van der Waals surface area contributed by atoms with Gasteiger partial charge in [0.25, 0.3) is 0 Å². The van der Waals surface area contributed by atoms with Crippen molar-refractivity contribution in [3.8, 4) is 11.6 Å². The molecule has 2 aromatic carbocycles. The van der Waals surface area contributed by atoms with Crippen molar-refractivity contribution >= 4 is 39.1 Å². The molecule has 1 saturated heterocycles. The minimum atomic E-state index is -3.39. The van der Waals surface area contributed by atoms with Crippen molar-refractivity contribution in [2.75, 3.05) is 31.2 Å². The van der Waals surface area contributed by atoms with Gasteiger partial charge in [-0.2, -0.15) is 0 Å². The first-order valence-corrected chi connectivity index (χ1v) is 16.8. The summed E-state index contributed by atoms with van der Waals surface area (Å²) in [4.78, 5) is 33.0. The van der Waals surface area contributed by atoms with Gasteiger partial charge in [-0.15, -0.1) is 0 Å². The van der Waals surface area contributed by atoms with Gasteiger partial charge in [0.1, 0.15) is 17.4 Å². The molecular weight excluding hydrogens is 628 g/mol. The van der Waals surface area contributed by atoms with Gasteiger partial charge in [0.05, 0.1) is 22.0 Å². The van der Waals surface area contributed by atoms with E-state index in [4.69, 9.17) is 22.1 Å². The molecule has 0 radical (unpaired) electrons. The predicted molar refractivity (Wildman–Crippen MR) is 167 cm³/mol. The number of unbranched alkanes of at least 4 members (excludes halogenated alkanes) is 1. The zero-order chi connectivity index (χ0) is 32.7. The van der Waals surface area contributed by atoms with Crippen molar-refractivity contribution in [1.82, 2.24) is 14.8 Å². The second kappa shape index (κ2) is 15.0. The van der Waals surface area contributed by atoms with Crippen LogP contribution < -0.4 is 15.8 Å². The van der Waals surface area contributed by atoms with E-state index in [1.165, 1.54) is 18.2 Å². The topological polar surface area (TPSA) is 135 Å². The first kappa shape index (κ1) is 34.1. The molecule has 3 N–H and O–H groups in total. The minimum absolute atomic E-state index is 0.0749. The molecule has 45 heavy (non-hydrogen) atoms. The third-order valence-corrected chi connectivity index (χ3v) is 8.91. The normalized spacial score (nSPS) is 14.2. The highest BCUT2D eigenvalue weighted by Crippen LogP contribution is 2.31. The van der Waals surface area contributed by atoms with E-state index in [1.54, 1.807) is 17.2 Å². The highest BCUT2D eigenvalue weighted by molar-refractivity contribution is 7.90. The van der Waals surface area contributed by atoms with Crippen molar-refractivity contribution in [3.63, 3.8) is 0 Å². The molecule has 3 amide bonds. The zero-order valence-electron chi connectivity index (χ0n) is 25.1. The Balaban J connectivity index is 1.34. The molecule has 1 fully saturated rings. The molecule has 10 nitrogen and oxygen atoms in total. The maximum Gasteiger partial charge on any atom is 0.322 e. The highest BCUT2D eigenvalue weighted by Gasteiger charge is 2.28. The summed E-state index contributed by atoms with van der Waals surface area (Å²) >= 11 is 6.20. The molecule has 1 aliphatic heterocycles. The molecule has 0 unspecified atom stereocenters. The number of urea groups is 1. The van der Waals surface area contributed by atoms with Crippen molar-refractivity contribution < 1.29 is 31.5 Å². The molecule has 0 spiro atoms. The van der Waals surface area contributed by atoms with E-state index < -0.39 is 39.8 Å². The molecule has 0 atom stereocenters. The molecule has 14 heteroatoms. The van der Waals surface area contributed by atoms with Gasteiger partial charge in [0, 0.05) is 56.8 Å². The number of benzene rings is 2. The number of halogens is 3. The van der Waals surface area contributed by atoms with Crippen LogP contribution in [0.5, 0.6) is 11.6 Å². The number of hydrogen-bond acceptors (Lipinski definition) is 7. The molecule has 1 aromatic heterocycles. The van der Waals surface area contributed by atoms with E-state index in [2.05, 4.69) is 15.2 Å². The minimum Gasteiger partial charge on any atom is -0.437 e. The summed E-state index contributed by atoms with van der Waals surface area (Å²) in [6.07, 6.45) is 5.42. The Kier molecular flexibility index (Phi) is 11.3. The predicted octanol–water partition coefficient (Wildman–Crippen LogP) is 5.54. The number of hydrogen-bond donors (Lipinski definition) is 2. The SMILES string of the molecule is CCCCN(C(=O)Nc1cc(CC(N)=O)c(F)cc1F)C1CCN(Cc2ccc(Oc3ccc(S(C)(=O)=O)cc3Cl)nc2)CC1. The largest absolute Gasteiger partial charge is 0.437 e. The van der Waals surface area contributed by atoms with Crippen LogP contribution >= 0.6 is 11.6 Å². The number of ether oxygens (including phenoxy) is 1. The van der Waals surface area contributed by atoms with Gasteiger partial charge in [-0.3, -0.25) is 9.69 Å². The summed E-state index contributed by atoms with van der Waals surface area (Å²) in [6.45, 7) is 4.57. The van der Waals surface area contributed by atoms with Crippen LogP contribution in [0.4, 0.5) is 19.3 Å². The van der Waals surface area contributed by atoms with Crippen LogP contribution in [0.1, 0.15) is 43.7 Å². The summed E-state index contributed by atoms with van der Waals surface area (Å²) in [5, 5.41) is 2.72. The van der Waals surface area contributed by atoms with Gasteiger partial charge < -0.3 is 20.7 Å². The van der Waals surface area contributed by atoms with Gasteiger partial charge >= 0.3 is 6.03 Å². The van der Waals surface area contributed by atoms with E-state index >= 15 is 0 Å². The number of anilines is 1. The number of carbonyl (C=O) groups is 2. The standard InChI is InChI=1S/C31H36ClF2N5O5S/c1-3-4-11-39(31(41)37-27-14-21(15-29(35)40)25(33)17-26(27)34)22-9-12-38(13-10-22)19-20-5-8-30(36-18-20)44-28-7-6-23(16-24(28)32)45(2,42)43/h5-8,14,16-18,22H,3-4,9-13,15,19H2,1-2H3,(H2,35,40)(H,37,41). The summed E-state index contributed by atoms with van der Waals surface area (Å²) in [6, 6.07) is 9.04. The van der Waals surface area contributed by atoms with E-state index in [-0.39, 0.29) is 33.0 Å². The summed E-state index contributed by atoms with van der Waals surface area (Å²) < 4.78 is 57.8. The van der Waals surface area contributed by atoms with E-state index in [1.807, 2.05) is 13.0 Å². The first-order valence-electron chi connectivity index (χ1n) is 14.5. The summed E-state index contributed by atoms with van der Waals surface area (Å²) in [5.41, 5.74) is 5.83. The summed E-state index contributed by atoms with van der Waals surface area (Å²) in [5.74, 6) is -2.00. The Morgan fingerprint density at radius 3 is 2.47 bits per heavy atom. The maximum atomic E-state index is 14.5. The van der Waals surface area contributed by atoms with E-state index in [0.717, 1.165) is 43.8 Å². The number of piperidine rings is 1.